The molecule has 0 aromatic heterocycles. The van der Waals surface area contributed by atoms with Crippen molar-refractivity contribution in [2.24, 2.45) is 11.8 Å². The Morgan fingerprint density at radius 2 is 0.588 bits per heavy atom. The van der Waals surface area contributed by atoms with Crippen molar-refractivity contribution in [3.63, 3.8) is 0 Å². The first-order valence-electron chi connectivity index (χ1n) is 13.6. The highest BCUT2D eigenvalue weighted by molar-refractivity contribution is 6.94. The van der Waals surface area contributed by atoms with Gasteiger partial charge in [-0.3, -0.25) is 0 Å². The minimum absolute atomic E-state index is 0.611. The molecule has 0 aliphatic carbocycles. The first kappa shape index (κ1) is 47.9. The molecule has 0 aromatic carbocycles. The normalized spacial score (nSPS) is 11.6. The highest BCUT2D eigenvalue weighted by Gasteiger charge is 2.23. The predicted octanol–water partition coefficient (Wildman–Crippen LogP) is 10.1. The molecule has 0 N–H and O–H groups in total. The van der Waals surface area contributed by atoms with E-state index < -0.39 is 32.3 Å². The molecule has 216 valence electrons. The summed E-state index contributed by atoms with van der Waals surface area (Å²) in [5.74, 6) is 1.67. The Hall–Kier alpha value is 0.788. The fourth-order valence-corrected chi connectivity index (χ4v) is 17.2. The Morgan fingerprint density at radius 3 is 0.588 bits per heavy atom. The fraction of sp³-hybridized carbons (Fsp3) is 1.00. The molecule has 0 heterocycles. The van der Waals surface area contributed by atoms with Crippen LogP contribution in [0.25, 0.3) is 0 Å². The highest BCUT2D eigenvalue weighted by Crippen LogP contribution is 2.18. The van der Waals surface area contributed by atoms with Gasteiger partial charge in [-0.2, -0.15) is 0 Å². The van der Waals surface area contributed by atoms with Crippen molar-refractivity contribution < 1.29 is 0 Å². The summed E-state index contributed by atoms with van der Waals surface area (Å²) in [6, 6.07) is 0. The molecule has 0 aromatic rings. The van der Waals surface area contributed by atoms with Gasteiger partial charge in [-0.05, 0) is 53.2 Å². The Balaban J connectivity index is -0.0000000719. The molecule has 0 radical (unpaired) electrons. The average molecular weight is 555 g/mol. The van der Waals surface area contributed by atoms with Gasteiger partial charge in [-0.25, -0.2) is 0 Å². The summed E-state index contributed by atoms with van der Waals surface area (Å²) in [4.78, 5) is 4.27. The van der Waals surface area contributed by atoms with Crippen LogP contribution in [0.4, 0.5) is 0 Å². The number of rotatable bonds is 4. The first-order chi connectivity index (χ1) is 14.3. The zero-order chi connectivity index (χ0) is 29.7. The zero-order valence-corrected chi connectivity index (χ0v) is 33.5. The maximum Gasteiger partial charge on any atom is 0.0599 e. The van der Waals surface area contributed by atoms with Crippen LogP contribution in [0.3, 0.4) is 0 Å². The third kappa shape index (κ3) is 238. The van der Waals surface area contributed by atoms with E-state index in [0.717, 1.165) is 11.8 Å². The van der Waals surface area contributed by atoms with Crippen molar-refractivity contribution in [2.75, 3.05) is 41.4 Å². The largest absolute Gasteiger partial charge is 0.312 e. The first-order valence-corrected chi connectivity index (χ1v) is 28.7. The summed E-state index contributed by atoms with van der Waals surface area (Å²) < 4.78 is 0. The van der Waals surface area contributed by atoms with Crippen LogP contribution in [0.5, 0.6) is 0 Å². The van der Waals surface area contributed by atoms with E-state index in [1.807, 2.05) is 26.0 Å². The molecule has 0 rings (SSSR count). The van der Waals surface area contributed by atoms with Crippen LogP contribution >= 0.6 is 0 Å². The Labute approximate surface area is 227 Å². The molecular formula is C28H78N2Si4. The summed E-state index contributed by atoms with van der Waals surface area (Å²) in [7, 11) is 7.41. The third-order valence-corrected chi connectivity index (χ3v) is 11.9. The van der Waals surface area contributed by atoms with Crippen molar-refractivity contribution in [3.8, 4) is 0 Å². The molecule has 0 fully saturated rings. The van der Waals surface area contributed by atoms with Gasteiger partial charge in [-0.15, -0.1) is 0 Å². The molecule has 6 heteroatoms. The lowest BCUT2D eigenvalue weighted by Crippen LogP contribution is -2.35. The van der Waals surface area contributed by atoms with E-state index in [9.17, 15) is 0 Å². The molecule has 0 saturated carbocycles. The molecule has 0 amide bonds. The van der Waals surface area contributed by atoms with Gasteiger partial charge < -0.3 is 9.80 Å². The van der Waals surface area contributed by atoms with E-state index in [2.05, 4.69) is 146 Å². The van der Waals surface area contributed by atoms with Crippen molar-refractivity contribution in [2.45, 2.75) is 132 Å². The lowest BCUT2D eigenvalue weighted by atomic mass is 10.3. The molecular weight excluding hydrogens is 477 g/mol. The topological polar surface area (TPSA) is 6.48 Å². The van der Waals surface area contributed by atoms with Crippen LogP contribution in [-0.2, 0) is 0 Å². The fourth-order valence-electron chi connectivity index (χ4n) is 2.54. The van der Waals surface area contributed by atoms with E-state index in [1.54, 1.807) is 5.67 Å². The van der Waals surface area contributed by atoms with Crippen LogP contribution in [0.2, 0.25) is 90.8 Å². The summed E-state index contributed by atoms with van der Waals surface area (Å²) in [5, 5.41) is 0. The molecule has 0 aliphatic heterocycles. The van der Waals surface area contributed by atoms with Gasteiger partial charge in [0.05, 0.1) is 8.07 Å². The van der Waals surface area contributed by atoms with Crippen LogP contribution in [-0.4, -0.2) is 83.5 Å². The van der Waals surface area contributed by atoms with Gasteiger partial charge in [0, 0.05) is 24.2 Å². The van der Waals surface area contributed by atoms with Crippen LogP contribution in [0, 0.1) is 11.8 Å². The zero-order valence-electron chi connectivity index (χ0n) is 29.5. The molecule has 0 saturated heterocycles. The molecule has 0 unspecified atom stereocenters. The quantitative estimate of drug-likeness (QED) is 0.319. The van der Waals surface area contributed by atoms with E-state index in [4.69, 9.17) is 0 Å². The highest BCUT2D eigenvalue weighted by atomic mass is 28.4. The van der Waals surface area contributed by atoms with Crippen LogP contribution < -0.4 is 0 Å². The molecule has 34 heavy (non-hydrogen) atoms. The van der Waals surface area contributed by atoms with Gasteiger partial charge in [-0.1, -0.05) is 132 Å². The van der Waals surface area contributed by atoms with E-state index in [0.29, 0.717) is 0 Å². The summed E-state index contributed by atoms with van der Waals surface area (Å²) in [6.45, 7) is 44.2. The molecule has 0 bridgehead atoms. The second-order valence-corrected chi connectivity index (χ2v) is 40.0. The van der Waals surface area contributed by atoms with Gasteiger partial charge >= 0.3 is 0 Å². The van der Waals surface area contributed by atoms with Crippen molar-refractivity contribution in [1.82, 2.24) is 9.80 Å². The van der Waals surface area contributed by atoms with Gasteiger partial charge in [0.15, 0.2) is 0 Å². The van der Waals surface area contributed by atoms with E-state index >= 15 is 0 Å². The van der Waals surface area contributed by atoms with E-state index in [1.165, 1.54) is 6.17 Å². The van der Waals surface area contributed by atoms with Crippen molar-refractivity contribution in [3.05, 3.63) is 0 Å². The minimum Gasteiger partial charge on any atom is -0.312 e. The smallest absolute Gasteiger partial charge is 0.0599 e. The standard InChI is InChI=1S/C7H20Si2.C6H17NSi.C4H12Si.2C4H10.C3H9N/c1-8(2,3)7-9(4,5)6;1-7(2)6-8(3,4)5;1-5(2,3)4;3*1-4(2)3/h7H2,1-6H3;6H2,1-5H3;1-4H3;2*4H,1-3H3;1-3H3. The second-order valence-electron chi connectivity index (χ2n) is 16.9. The van der Waals surface area contributed by atoms with Gasteiger partial charge in [0.25, 0.3) is 0 Å². The van der Waals surface area contributed by atoms with Gasteiger partial charge in [0.1, 0.15) is 0 Å². The number of nitrogens with zero attached hydrogens (tertiary/aromatic N) is 2. The maximum atomic E-state index is 2.46. The minimum atomic E-state index is -0.794. The summed E-state index contributed by atoms with van der Waals surface area (Å²) in [6.07, 6.45) is 1.30. The summed E-state index contributed by atoms with van der Waals surface area (Å²) >= 11 is 0. The lowest BCUT2D eigenvalue weighted by Gasteiger charge is -2.25. The summed E-state index contributed by atoms with van der Waals surface area (Å²) in [5.41, 5.74) is 1.57. The Morgan fingerprint density at radius 1 is 0.441 bits per heavy atom. The Bertz CT molecular complexity index is 341. The molecule has 0 spiro atoms. The molecule has 0 atom stereocenters. The maximum absolute atomic E-state index is 2.46. The van der Waals surface area contributed by atoms with E-state index in [-0.39, 0.29) is 0 Å². The van der Waals surface area contributed by atoms with Crippen LogP contribution in [0.15, 0.2) is 0 Å². The average Bonchev–Trinajstić information content (AvgIpc) is 2.25. The number of hydrogen-bond acceptors (Lipinski definition) is 2. The van der Waals surface area contributed by atoms with Crippen molar-refractivity contribution >= 4 is 32.3 Å². The van der Waals surface area contributed by atoms with Gasteiger partial charge in [0.2, 0.25) is 0 Å². The predicted molar refractivity (Wildman–Crippen MR) is 183 cm³/mol. The number of hydrogen-bond donors (Lipinski definition) is 0. The second kappa shape index (κ2) is 24.1. The Kier molecular flexibility index (Phi) is 34.0. The monoisotopic (exact) mass is 555 g/mol. The lowest BCUT2D eigenvalue weighted by molar-refractivity contribution is 0.471. The SMILES string of the molecule is CC(C)C.CC(C)C.CN(C)C.CN(C)C[Si](C)(C)C.C[Si](C)(C)C.C[Si](C)(C)C[Si](C)(C)C. The third-order valence-electron chi connectivity index (χ3n) is 1.85. The van der Waals surface area contributed by atoms with Crippen molar-refractivity contribution in [1.29, 1.82) is 0 Å². The molecule has 2 nitrogen and oxygen atoms in total. The van der Waals surface area contributed by atoms with Crippen LogP contribution in [0.1, 0.15) is 41.5 Å². The molecule has 0 aliphatic rings.